The van der Waals surface area contributed by atoms with Gasteiger partial charge in [0.15, 0.2) is 11.5 Å². The van der Waals surface area contributed by atoms with Gasteiger partial charge in [0.05, 0.1) is 7.11 Å². The Bertz CT molecular complexity index is 626. The molecule has 5 nitrogen and oxygen atoms in total. The van der Waals surface area contributed by atoms with Crippen molar-refractivity contribution in [2.24, 2.45) is 5.92 Å². The zero-order chi connectivity index (χ0) is 19.1. The van der Waals surface area contributed by atoms with E-state index >= 15 is 0 Å². The van der Waals surface area contributed by atoms with Gasteiger partial charge in [-0.05, 0) is 69.5 Å². The lowest BCUT2D eigenvalue weighted by molar-refractivity contribution is -0.129. The van der Waals surface area contributed by atoms with Crippen molar-refractivity contribution in [1.82, 2.24) is 9.80 Å². The molecule has 0 saturated heterocycles. The van der Waals surface area contributed by atoms with E-state index in [0.717, 1.165) is 37.4 Å². The zero-order valence-electron chi connectivity index (χ0n) is 16.9. The number of hydrogen-bond acceptors (Lipinski definition) is 4. The number of methoxy groups -OCH3 is 1. The molecule has 1 aliphatic carbocycles. The third kappa shape index (κ3) is 7.07. The monoisotopic (exact) mass is 396 g/mol. The van der Waals surface area contributed by atoms with Gasteiger partial charge in [0.2, 0.25) is 5.91 Å². The lowest BCUT2D eigenvalue weighted by Crippen LogP contribution is -2.44. The van der Waals surface area contributed by atoms with Crippen molar-refractivity contribution in [3.63, 3.8) is 0 Å². The predicted molar refractivity (Wildman–Crippen MR) is 113 cm³/mol. The fourth-order valence-corrected chi connectivity index (χ4v) is 3.40. The summed E-state index contributed by atoms with van der Waals surface area (Å²) in [5.41, 5.74) is 0.831. The highest BCUT2D eigenvalue weighted by Crippen LogP contribution is 2.28. The molecule has 0 aliphatic heterocycles. The first kappa shape index (κ1) is 23.3. The van der Waals surface area contributed by atoms with Gasteiger partial charge in [0.25, 0.3) is 0 Å². The molecule has 0 unspecified atom stereocenters. The molecule has 6 heteroatoms. The van der Waals surface area contributed by atoms with Crippen LogP contribution in [0, 0.1) is 5.92 Å². The number of rotatable bonds is 7. The van der Waals surface area contributed by atoms with Crippen LogP contribution in [0.2, 0.25) is 0 Å². The number of carbonyl (C=O) groups excluding carboxylic acids is 1. The average Bonchev–Trinajstić information content (AvgIpc) is 2.62. The first-order valence-electron chi connectivity index (χ1n) is 9.41. The molecule has 152 valence electrons. The van der Waals surface area contributed by atoms with Crippen molar-refractivity contribution in [1.29, 1.82) is 0 Å². The molecular weight excluding hydrogens is 364 g/mol. The second-order valence-electron chi connectivity index (χ2n) is 7.51. The van der Waals surface area contributed by atoms with E-state index in [1.807, 2.05) is 19.0 Å². The van der Waals surface area contributed by atoms with E-state index in [9.17, 15) is 9.90 Å². The summed E-state index contributed by atoms with van der Waals surface area (Å²) in [4.78, 5) is 17.0. The molecule has 0 radical (unpaired) electrons. The third-order valence-electron chi connectivity index (χ3n) is 5.12. The Morgan fingerprint density at radius 3 is 2.48 bits per heavy atom. The molecule has 1 aromatic carbocycles. The third-order valence-corrected chi connectivity index (χ3v) is 5.12. The molecule has 1 aromatic rings. The normalized spacial score (nSPS) is 19.7. The van der Waals surface area contributed by atoms with Gasteiger partial charge in [-0.1, -0.05) is 13.0 Å². The summed E-state index contributed by atoms with van der Waals surface area (Å²) in [6.07, 6.45) is 7.98. The number of halogens is 1. The van der Waals surface area contributed by atoms with Crippen LogP contribution in [-0.4, -0.2) is 61.2 Å². The first-order chi connectivity index (χ1) is 12.4. The molecule has 0 spiro atoms. The Morgan fingerprint density at radius 1 is 1.22 bits per heavy atom. The summed E-state index contributed by atoms with van der Waals surface area (Å²) >= 11 is 0. The van der Waals surface area contributed by atoms with E-state index in [-0.39, 0.29) is 24.1 Å². The summed E-state index contributed by atoms with van der Waals surface area (Å²) in [6, 6.07) is 5.41. The second kappa shape index (κ2) is 11.2. The number of hydrogen-bond donors (Lipinski definition) is 1. The Hall–Kier alpha value is -1.72. The minimum atomic E-state index is 0. The molecule has 2 rings (SSSR count). The smallest absolute Gasteiger partial charge is 0.246 e. The largest absolute Gasteiger partial charge is 0.504 e. The number of aromatic hydroxyl groups is 1. The van der Waals surface area contributed by atoms with E-state index < -0.39 is 0 Å². The minimum absolute atomic E-state index is 0. The van der Waals surface area contributed by atoms with Gasteiger partial charge in [-0.15, -0.1) is 12.4 Å². The van der Waals surface area contributed by atoms with Crippen molar-refractivity contribution >= 4 is 24.4 Å². The van der Waals surface area contributed by atoms with Gasteiger partial charge < -0.3 is 19.6 Å². The van der Waals surface area contributed by atoms with Crippen LogP contribution < -0.4 is 4.74 Å². The minimum Gasteiger partial charge on any atom is -0.504 e. The van der Waals surface area contributed by atoms with E-state index in [2.05, 4.69) is 11.8 Å². The number of likely N-dealkylation sites (N-methyl/N-ethyl adjacent to an activating group) is 1. The molecule has 1 saturated carbocycles. The molecule has 1 amide bonds. The highest BCUT2D eigenvalue weighted by molar-refractivity contribution is 5.92. The van der Waals surface area contributed by atoms with Gasteiger partial charge in [0, 0.05) is 25.2 Å². The number of phenols is 1. The van der Waals surface area contributed by atoms with E-state index in [4.69, 9.17) is 4.74 Å². The molecule has 1 N–H and O–H groups in total. The number of carbonyl (C=O) groups is 1. The van der Waals surface area contributed by atoms with Crippen LogP contribution in [0.4, 0.5) is 0 Å². The standard InChI is InChI=1S/C21H32N2O3.ClH/c1-16-5-9-18(10-6-16)23(14-13-22(2)3)21(25)12-8-17-7-11-19(24)20(15-17)26-4;/h7-8,11-12,15-16,18,24H,5-6,9-10,13-14H2,1-4H3;1H/b12-8+;. The maximum atomic E-state index is 12.9. The summed E-state index contributed by atoms with van der Waals surface area (Å²) in [5, 5.41) is 9.69. The molecule has 1 aliphatic rings. The molecule has 1 fully saturated rings. The molecule has 0 aromatic heterocycles. The summed E-state index contributed by atoms with van der Waals surface area (Å²) < 4.78 is 5.13. The number of amides is 1. The van der Waals surface area contributed by atoms with E-state index in [1.165, 1.54) is 20.0 Å². The first-order valence-corrected chi connectivity index (χ1v) is 9.41. The van der Waals surface area contributed by atoms with E-state index in [1.54, 1.807) is 30.4 Å². The number of benzene rings is 1. The molecule has 0 bridgehead atoms. The highest BCUT2D eigenvalue weighted by Gasteiger charge is 2.26. The lowest BCUT2D eigenvalue weighted by atomic mass is 9.86. The van der Waals surface area contributed by atoms with Crippen molar-refractivity contribution < 1.29 is 14.6 Å². The predicted octanol–water partition coefficient (Wildman–Crippen LogP) is 3.80. The van der Waals surface area contributed by atoms with Gasteiger partial charge in [0.1, 0.15) is 0 Å². The second-order valence-corrected chi connectivity index (χ2v) is 7.51. The van der Waals surface area contributed by atoms with Crippen molar-refractivity contribution in [3.05, 3.63) is 29.8 Å². The number of nitrogens with zero attached hydrogens (tertiary/aromatic N) is 2. The van der Waals surface area contributed by atoms with Gasteiger partial charge in [-0.3, -0.25) is 4.79 Å². The molecule has 0 atom stereocenters. The maximum Gasteiger partial charge on any atom is 0.246 e. The Kier molecular flexibility index (Phi) is 9.67. The SMILES string of the molecule is COc1cc(/C=C/C(=O)N(CCN(C)C)C2CCC(C)CC2)ccc1O.Cl. The fourth-order valence-electron chi connectivity index (χ4n) is 3.40. The van der Waals surface area contributed by atoms with Crippen LogP contribution in [0.25, 0.3) is 6.08 Å². The molecule has 0 heterocycles. The fraction of sp³-hybridized carbons (Fsp3) is 0.571. The highest BCUT2D eigenvalue weighted by atomic mass is 35.5. The van der Waals surface area contributed by atoms with Gasteiger partial charge in [-0.25, -0.2) is 0 Å². The topological polar surface area (TPSA) is 53.0 Å². The lowest BCUT2D eigenvalue weighted by Gasteiger charge is -2.36. The van der Waals surface area contributed by atoms with Crippen molar-refractivity contribution in [2.75, 3.05) is 34.3 Å². The van der Waals surface area contributed by atoms with E-state index in [0.29, 0.717) is 11.8 Å². The van der Waals surface area contributed by atoms with Gasteiger partial charge in [-0.2, -0.15) is 0 Å². The maximum absolute atomic E-state index is 12.9. The number of phenolic OH excluding ortho intramolecular Hbond substituents is 1. The quantitative estimate of drug-likeness (QED) is 0.712. The Morgan fingerprint density at radius 2 is 1.89 bits per heavy atom. The van der Waals surface area contributed by atoms with Crippen LogP contribution in [0.3, 0.4) is 0 Å². The van der Waals surface area contributed by atoms with Crippen LogP contribution >= 0.6 is 12.4 Å². The van der Waals surface area contributed by atoms with Gasteiger partial charge >= 0.3 is 0 Å². The zero-order valence-corrected chi connectivity index (χ0v) is 17.7. The summed E-state index contributed by atoms with van der Waals surface area (Å²) in [6.45, 7) is 3.90. The Balaban J connectivity index is 0.00000364. The van der Waals surface area contributed by atoms with Crippen molar-refractivity contribution in [2.45, 2.75) is 38.6 Å². The average molecular weight is 397 g/mol. The van der Waals surface area contributed by atoms with Crippen LogP contribution in [-0.2, 0) is 4.79 Å². The van der Waals surface area contributed by atoms with Crippen molar-refractivity contribution in [3.8, 4) is 11.5 Å². The summed E-state index contributed by atoms with van der Waals surface area (Å²) in [7, 11) is 5.58. The molecular formula is C21H33ClN2O3. The number of ether oxygens (including phenoxy) is 1. The van der Waals surface area contributed by atoms with Crippen LogP contribution in [0.1, 0.15) is 38.2 Å². The van der Waals surface area contributed by atoms with Crippen LogP contribution in [0.15, 0.2) is 24.3 Å². The summed E-state index contributed by atoms with van der Waals surface area (Å²) in [5.74, 6) is 1.32. The Labute approximate surface area is 169 Å². The van der Waals surface area contributed by atoms with Crippen LogP contribution in [0.5, 0.6) is 11.5 Å². The molecule has 27 heavy (non-hydrogen) atoms.